The summed E-state index contributed by atoms with van der Waals surface area (Å²) < 4.78 is 20.9. The quantitative estimate of drug-likeness (QED) is 0.752. The van der Waals surface area contributed by atoms with E-state index >= 15 is 0 Å². The summed E-state index contributed by atoms with van der Waals surface area (Å²) >= 11 is 0. The molecule has 0 spiro atoms. The molecule has 2 amide bonds. The zero-order valence-electron chi connectivity index (χ0n) is 16.7. The largest absolute Gasteiger partial charge is 0.368 e. The Hall–Kier alpha value is -3.07. The monoisotopic (exact) mass is 414 g/mol. The van der Waals surface area contributed by atoms with Crippen LogP contribution in [-0.2, 0) is 9.53 Å². The van der Waals surface area contributed by atoms with E-state index in [1.165, 1.54) is 27.8 Å². The van der Waals surface area contributed by atoms with E-state index in [2.05, 4.69) is 5.10 Å². The molecule has 3 heterocycles. The highest BCUT2D eigenvalue weighted by Gasteiger charge is 2.32. The van der Waals surface area contributed by atoms with Crippen LogP contribution in [0.3, 0.4) is 0 Å². The standard InChI is InChI=1S/C21H23FN4O4/c1-14-13-17(27)19(23-26(14)16-6-3-2-5-15(16)22)21(29)25-10-8-24(9-11-25)20(28)18-7-4-12-30-18/h2-3,5-6,13,18H,4,7-12H2,1H3. The first-order valence-electron chi connectivity index (χ1n) is 10.0. The van der Waals surface area contributed by atoms with E-state index in [9.17, 15) is 18.8 Å². The molecule has 8 nitrogen and oxygen atoms in total. The van der Waals surface area contributed by atoms with Crippen LogP contribution in [0.4, 0.5) is 4.39 Å². The maximum Gasteiger partial charge on any atom is 0.278 e. The van der Waals surface area contributed by atoms with Crippen LogP contribution in [-0.4, -0.2) is 70.3 Å². The third-order valence-corrected chi connectivity index (χ3v) is 5.47. The first kappa shape index (κ1) is 20.2. The van der Waals surface area contributed by atoms with Crippen LogP contribution in [0.5, 0.6) is 0 Å². The normalized spacial score (nSPS) is 19.2. The molecule has 0 N–H and O–H groups in total. The highest BCUT2D eigenvalue weighted by atomic mass is 19.1. The van der Waals surface area contributed by atoms with Gasteiger partial charge in [0, 0.05) is 44.5 Å². The second-order valence-corrected chi connectivity index (χ2v) is 7.48. The number of benzene rings is 1. The van der Waals surface area contributed by atoms with Crippen molar-refractivity contribution in [2.24, 2.45) is 0 Å². The predicted molar refractivity (Wildman–Crippen MR) is 106 cm³/mol. The van der Waals surface area contributed by atoms with Gasteiger partial charge in [-0.15, -0.1) is 0 Å². The number of hydrogen-bond acceptors (Lipinski definition) is 5. The summed E-state index contributed by atoms with van der Waals surface area (Å²) in [6.07, 6.45) is 1.21. The fourth-order valence-electron chi connectivity index (χ4n) is 3.82. The number of piperazine rings is 1. The molecule has 2 aliphatic heterocycles. The molecule has 1 unspecified atom stereocenters. The molecule has 1 atom stereocenters. The summed E-state index contributed by atoms with van der Waals surface area (Å²) in [6, 6.07) is 7.32. The minimum Gasteiger partial charge on any atom is -0.368 e. The summed E-state index contributed by atoms with van der Waals surface area (Å²) in [4.78, 5) is 41.1. The van der Waals surface area contributed by atoms with Gasteiger partial charge < -0.3 is 14.5 Å². The lowest BCUT2D eigenvalue weighted by molar-refractivity contribution is -0.142. The lowest BCUT2D eigenvalue weighted by Crippen LogP contribution is -2.53. The first-order chi connectivity index (χ1) is 14.5. The van der Waals surface area contributed by atoms with Crippen molar-refractivity contribution in [3.05, 3.63) is 57.8 Å². The highest BCUT2D eigenvalue weighted by Crippen LogP contribution is 2.17. The molecule has 2 aliphatic rings. The van der Waals surface area contributed by atoms with Gasteiger partial charge in [0.05, 0.1) is 0 Å². The molecule has 1 aromatic heterocycles. The van der Waals surface area contributed by atoms with Crippen LogP contribution in [0.1, 0.15) is 29.0 Å². The summed E-state index contributed by atoms with van der Waals surface area (Å²) in [5.41, 5.74) is -0.185. The number of nitrogens with zero attached hydrogens (tertiary/aromatic N) is 4. The van der Waals surface area contributed by atoms with E-state index in [-0.39, 0.29) is 23.4 Å². The van der Waals surface area contributed by atoms with Crippen LogP contribution < -0.4 is 5.43 Å². The van der Waals surface area contributed by atoms with Crippen LogP contribution >= 0.6 is 0 Å². The maximum atomic E-state index is 14.2. The number of hydrogen-bond donors (Lipinski definition) is 0. The van der Waals surface area contributed by atoms with Crippen molar-refractivity contribution in [3.63, 3.8) is 0 Å². The van der Waals surface area contributed by atoms with Gasteiger partial charge in [-0.05, 0) is 31.9 Å². The smallest absolute Gasteiger partial charge is 0.278 e. The van der Waals surface area contributed by atoms with Crippen molar-refractivity contribution in [3.8, 4) is 5.69 Å². The number of carbonyl (C=O) groups excluding carboxylic acids is 2. The number of aromatic nitrogens is 2. The molecule has 1 aromatic carbocycles. The number of amides is 2. The number of carbonyl (C=O) groups is 2. The van der Waals surface area contributed by atoms with Crippen molar-refractivity contribution >= 4 is 11.8 Å². The number of aryl methyl sites for hydroxylation is 1. The molecule has 158 valence electrons. The average molecular weight is 414 g/mol. The molecule has 0 aliphatic carbocycles. The Morgan fingerprint density at radius 1 is 1.13 bits per heavy atom. The molecule has 4 rings (SSSR count). The van der Waals surface area contributed by atoms with Gasteiger partial charge in [-0.25, -0.2) is 9.07 Å². The van der Waals surface area contributed by atoms with Gasteiger partial charge in [-0.2, -0.15) is 5.10 Å². The Morgan fingerprint density at radius 3 is 2.50 bits per heavy atom. The average Bonchev–Trinajstić information content (AvgIpc) is 3.29. The van der Waals surface area contributed by atoms with E-state index in [4.69, 9.17) is 4.74 Å². The molecule has 2 aromatic rings. The fourth-order valence-corrected chi connectivity index (χ4v) is 3.82. The summed E-state index contributed by atoms with van der Waals surface area (Å²) in [5, 5.41) is 4.17. The molecule has 0 saturated carbocycles. The molecule has 2 fully saturated rings. The highest BCUT2D eigenvalue weighted by molar-refractivity contribution is 5.92. The molecular formula is C21H23FN4O4. The second-order valence-electron chi connectivity index (χ2n) is 7.48. The molecule has 30 heavy (non-hydrogen) atoms. The Bertz CT molecular complexity index is 1020. The summed E-state index contributed by atoms with van der Waals surface area (Å²) in [5.74, 6) is -1.07. The van der Waals surface area contributed by atoms with Gasteiger partial charge in [0.15, 0.2) is 5.69 Å². The van der Waals surface area contributed by atoms with E-state index in [1.54, 1.807) is 24.0 Å². The van der Waals surface area contributed by atoms with Crippen LogP contribution in [0.25, 0.3) is 5.69 Å². The number of halogens is 1. The van der Waals surface area contributed by atoms with Crippen molar-refractivity contribution in [2.45, 2.75) is 25.9 Å². The SMILES string of the molecule is Cc1cc(=O)c(C(=O)N2CCN(C(=O)C3CCCO3)CC2)nn1-c1ccccc1F. The van der Waals surface area contributed by atoms with E-state index in [0.717, 1.165) is 12.8 Å². The zero-order chi connectivity index (χ0) is 21.3. The van der Waals surface area contributed by atoms with Crippen molar-refractivity contribution in [1.82, 2.24) is 19.6 Å². The van der Waals surface area contributed by atoms with Crippen molar-refractivity contribution < 1.29 is 18.7 Å². The number of para-hydroxylation sites is 1. The van der Waals surface area contributed by atoms with Gasteiger partial charge in [0.25, 0.3) is 11.8 Å². The van der Waals surface area contributed by atoms with Gasteiger partial charge in [-0.1, -0.05) is 12.1 Å². The summed E-state index contributed by atoms with van der Waals surface area (Å²) in [6.45, 7) is 3.57. The number of ether oxygens (including phenoxy) is 1. The fraction of sp³-hybridized carbons (Fsp3) is 0.429. The minimum atomic E-state index is -0.519. The van der Waals surface area contributed by atoms with Crippen LogP contribution in [0.15, 0.2) is 35.1 Å². The molecule has 0 radical (unpaired) electrons. The molecular weight excluding hydrogens is 391 g/mol. The molecule has 9 heteroatoms. The molecule has 0 bridgehead atoms. The zero-order valence-corrected chi connectivity index (χ0v) is 16.7. The minimum absolute atomic E-state index is 0.0463. The Morgan fingerprint density at radius 2 is 1.83 bits per heavy atom. The van der Waals surface area contributed by atoms with Gasteiger partial charge in [0.2, 0.25) is 5.43 Å². The third kappa shape index (κ3) is 3.85. The third-order valence-electron chi connectivity index (χ3n) is 5.47. The van der Waals surface area contributed by atoms with Gasteiger partial charge in [0.1, 0.15) is 17.6 Å². The Balaban J connectivity index is 1.51. The van der Waals surface area contributed by atoms with Crippen molar-refractivity contribution in [2.75, 3.05) is 32.8 Å². The Labute approximate surface area is 172 Å². The maximum absolute atomic E-state index is 14.2. The lowest BCUT2D eigenvalue weighted by Gasteiger charge is -2.35. The van der Waals surface area contributed by atoms with Gasteiger partial charge >= 0.3 is 0 Å². The topological polar surface area (TPSA) is 84.7 Å². The van der Waals surface area contributed by atoms with E-state index < -0.39 is 17.2 Å². The predicted octanol–water partition coefficient (Wildman–Crippen LogP) is 1.14. The van der Waals surface area contributed by atoms with Crippen molar-refractivity contribution in [1.29, 1.82) is 0 Å². The lowest BCUT2D eigenvalue weighted by atomic mass is 10.2. The van der Waals surface area contributed by atoms with Crippen LogP contribution in [0.2, 0.25) is 0 Å². The molecule has 2 saturated heterocycles. The Kier molecular flexibility index (Phi) is 5.63. The van der Waals surface area contributed by atoms with Gasteiger partial charge in [-0.3, -0.25) is 14.4 Å². The summed E-state index contributed by atoms with van der Waals surface area (Å²) in [7, 11) is 0. The number of rotatable bonds is 3. The van der Waals surface area contributed by atoms with E-state index in [0.29, 0.717) is 38.5 Å². The van der Waals surface area contributed by atoms with Crippen LogP contribution in [0, 0.1) is 12.7 Å². The second kappa shape index (κ2) is 8.35. The first-order valence-corrected chi connectivity index (χ1v) is 10.0. The van der Waals surface area contributed by atoms with E-state index in [1.807, 2.05) is 0 Å².